The average molecular weight is 247 g/mol. The van der Waals surface area contributed by atoms with Crippen molar-refractivity contribution in [3.63, 3.8) is 0 Å². The van der Waals surface area contributed by atoms with E-state index in [9.17, 15) is 0 Å². The van der Waals surface area contributed by atoms with Crippen molar-refractivity contribution in [3.05, 3.63) is 35.8 Å². The number of aromatic nitrogens is 2. The van der Waals surface area contributed by atoms with Crippen molar-refractivity contribution in [3.8, 4) is 0 Å². The van der Waals surface area contributed by atoms with Crippen molar-refractivity contribution in [1.82, 2.24) is 14.7 Å². The first-order valence-electron chi connectivity index (χ1n) is 6.52. The van der Waals surface area contributed by atoms with Crippen molar-refractivity contribution < 1.29 is 5.11 Å². The molecule has 0 saturated carbocycles. The Kier molecular flexibility index (Phi) is 4.33. The molecule has 2 rings (SSSR count). The van der Waals surface area contributed by atoms with E-state index in [-0.39, 0.29) is 6.61 Å². The van der Waals surface area contributed by atoms with E-state index < -0.39 is 0 Å². The van der Waals surface area contributed by atoms with Crippen LogP contribution in [0.25, 0.3) is 5.65 Å². The summed E-state index contributed by atoms with van der Waals surface area (Å²) in [6.45, 7) is 5.22. The molecule has 4 heteroatoms. The van der Waals surface area contributed by atoms with Gasteiger partial charge in [0.25, 0.3) is 0 Å². The molecular weight excluding hydrogens is 226 g/mol. The smallest absolute Gasteiger partial charge is 0.139 e. The van der Waals surface area contributed by atoms with Crippen LogP contribution < -0.4 is 5.32 Å². The van der Waals surface area contributed by atoms with E-state index in [1.54, 1.807) is 0 Å². The molecule has 0 bridgehead atoms. The molecule has 2 aromatic rings. The van der Waals surface area contributed by atoms with Crippen molar-refractivity contribution in [1.29, 1.82) is 0 Å². The van der Waals surface area contributed by atoms with Gasteiger partial charge >= 0.3 is 0 Å². The molecule has 0 fully saturated rings. The number of imidazole rings is 1. The minimum Gasteiger partial charge on any atom is -0.396 e. The van der Waals surface area contributed by atoms with Gasteiger partial charge in [-0.15, -0.1) is 0 Å². The van der Waals surface area contributed by atoms with Gasteiger partial charge in [0, 0.05) is 25.4 Å². The first kappa shape index (κ1) is 13.1. The lowest BCUT2D eigenvalue weighted by Crippen LogP contribution is -2.29. The van der Waals surface area contributed by atoms with E-state index in [1.807, 2.05) is 18.5 Å². The molecule has 1 atom stereocenters. The van der Waals surface area contributed by atoms with Crippen LogP contribution in [0.15, 0.2) is 24.5 Å². The van der Waals surface area contributed by atoms with Crippen molar-refractivity contribution in [2.24, 2.45) is 0 Å². The highest BCUT2D eigenvalue weighted by Crippen LogP contribution is 2.11. The quantitative estimate of drug-likeness (QED) is 0.819. The lowest BCUT2D eigenvalue weighted by Gasteiger charge is -2.15. The molecule has 2 heterocycles. The second kappa shape index (κ2) is 5.98. The molecule has 4 nitrogen and oxygen atoms in total. The Morgan fingerprint density at radius 1 is 1.50 bits per heavy atom. The SMILES string of the molecule is CCC(CCO)NCc1cnc2c(C)cccn12. The molecule has 98 valence electrons. The highest BCUT2D eigenvalue weighted by atomic mass is 16.3. The molecule has 0 spiro atoms. The monoisotopic (exact) mass is 247 g/mol. The van der Waals surface area contributed by atoms with Crippen LogP contribution >= 0.6 is 0 Å². The summed E-state index contributed by atoms with van der Waals surface area (Å²) in [5.74, 6) is 0. The predicted molar refractivity (Wildman–Crippen MR) is 72.6 cm³/mol. The molecule has 0 amide bonds. The second-order valence-electron chi connectivity index (χ2n) is 4.63. The summed E-state index contributed by atoms with van der Waals surface area (Å²) in [4.78, 5) is 4.44. The fraction of sp³-hybridized carbons (Fsp3) is 0.500. The number of aryl methyl sites for hydroxylation is 1. The molecule has 0 radical (unpaired) electrons. The number of aliphatic hydroxyl groups is 1. The molecule has 0 aliphatic carbocycles. The fourth-order valence-corrected chi connectivity index (χ4v) is 2.19. The number of fused-ring (bicyclic) bond motifs is 1. The Morgan fingerprint density at radius 3 is 3.06 bits per heavy atom. The molecule has 0 aliphatic heterocycles. The summed E-state index contributed by atoms with van der Waals surface area (Å²) in [5, 5.41) is 12.4. The third-order valence-corrected chi connectivity index (χ3v) is 3.35. The Bertz CT molecular complexity index is 507. The first-order valence-corrected chi connectivity index (χ1v) is 6.52. The summed E-state index contributed by atoms with van der Waals surface area (Å²) in [7, 11) is 0. The van der Waals surface area contributed by atoms with Crippen LogP contribution in [-0.4, -0.2) is 27.1 Å². The molecule has 2 N–H and O–H groups in total. The molecule has 1 unspecified atom stereocenters. The van der Waals surface area contributed by atoms with Gasteiger partial charge in [-0.2, -0.15) is 0 Å². The standard InChI is InChI=1S/C14H21N3O/c1-3-12(6-8-18)15-9-13-10-16-14-11(2)5-4-7-17(13)14/h4-5,7,10,12,15,18H,3,6,8-9H2,1-2H3. The average Bonchev–Trinajstić information content (AvgIpc) is 2.79. The van der Waals surface area contributed by atoms with Crippen LogP contribution in [0, 0.1) is 6.92 Å². The number of pyridine rings is 1. The highest BCUT2D eigenvalue weighted by molar-refractivity contribution is 5.48. The number of hydrogen-bond acceptors (Lipinski definition) is 3. The molecule has 2 aromatic heterocycles. The lowest BCUT2D eigenvalue weighted by molar-refractivity contribution is 0.261. The molecular formula is C14H21N3O. The molecule has 18 heavy (non-hydrogen) atoms. The number of rotatable bonds is 6. The van der Waals surface area contributed by atoms with Gasteiger partial charge < -0.3 is 14.8 Å². The molecule has 0 saturated heterocycles. The predicted octanol–water partition coefficient (Wildman–Crippen LogP) is 1.89. The maximum absolute atomic E-state index is 8.98. The number of nitrogens with one attached hydrogen (secondary N) is 1. The van der Waals surface area contributed by atoms with Gasteiger partial charge in [0.15, 0.2) is 0 Å². The zero-order valence-corrected chi connectivity index (χ0v) is 11.1. The van der Waals surface area contributed by atoms with Crippen LogP contribution in [0.2, 0.25) is 0 Å². The van der Waals surface area contributed by atoms with Crippen LogP contribution in [0.3, 0.4) is 0 Å². The summed E-state index contributed by atoms with van der Waals surface area (Å²) in [6, 6.07) is 4.48. The number of nitrogens with zero attached hydrogens (tertiary/aromatic N) is 2. The topological polar surface area (TPSA) is 49.6 Å². The van der Waals surface area contributed by atoms with Gasteiger partial charge in [0.05, 0.1) is 11.9 Å². The minimum atomic E-state index is 0.234. The zero-order valence-electron chi connectivity index (χ0n) is 11.1. The Hall–Kier alpha value is -1.39. The van der Waals surface area contributed by atoms with E-state index in [1.165, 1.54) is 5.56 Å². The van der Waals surface area contributed by atoms with Crippen molar-refractivity contribution >= 4 is 5.65 Å². The summed E-state index contributed by atoms with van der Waals surface area (Å²) in [5.41, 5.74) is 3.36. The zero-order chi connectivity index (χ0) is 13.0. The minimum absolute atomic E-state index is 0.234. The van der Waals surface area contributed by atoms with Crippen molar-refractivity contribution in [2.75, 3.05) is 6.61 Å². The van der Waals surface area contributed by atoms with Crippen LogP contribution in [0.4, 0.5) is 0 Å². The Morgan fingerprint density at radius 2 is 2.33 bits per heavy atom. The van der Waals surface area contributed by atoms with Gasteiger partial charge in [-0.3, -0.25) is 0 Å². The van der Waals surface area contributed by atoms with Crippen LogP contribution in [0.5, 0.6) is 0 Å². The van der Waals surface area contributed by atoms with E-state index >= 15 is 0 Å². The third kappa shape index (κ3) is 2.71. The van der Waals surface area contributed by atoms with E-state index in [0.29, 0.717) is 6.04 Å². The third-order valence-electron chi connectivity index (χ3n) is 3.35. The van der Waals surface area contributed by atoms with Gasteiger partial charge in [0.1, 0.15) is 5.65 Å². The maximum atomic E-state index is 8.98. The van der Waals surface area contributed by atoms with Gasteiger partial charge in [-0.1, -0.05) is 13.0 Å². The van der Waals surface area contributed by atoms with Crippen LogP contribution in [0.1, 0.15) is 31.0 Å². The van der Waals surface area contributed by atoms with Gasteiger partial charge in [0.2, 0.25) is 0 Å². The Balaban J connectivity index is 2.10. The van der Waals surface area contributed by atoms with E-state index in [4.69, 9.17) is 5.11 Å². The normalized spacial score (nSPS) is 13.1. The van der Waals surface area contributed by atoms with Crippen LogP contribution in [-0.2, 0) is 6.54 Å². The highest BCUT2D eigenvalue weighted by Gasteiger charge is 2.08. The Labute approximate surface area is 108 Å². The molecule has 0 aromatic carbocycles. The largest absolute Gasteiger partial charge is 0.396 e. The van der Waals surface area contributed by atoms with Crippen molar-refractivity contribution in [2.45, 2.75) is 39.3 Å². The fourth-order valence-electron chi connectivity index (χ4n) is 2.19. The van der Waals surface area contributed by atoms with Gasteiger partial charge in [-0.25, -0.2) is 4.98 Å². The summed E-state index contributed by atoms with van der Waals surface area (Å²) < 4.78 is 2.12. The summed E-state index contributed by atoms with van der Waals surface area (Å²) in [6.07, 6.45) is 5.78. The molecule has 0 aliphatic rings. The number of hydrogen-bond donors (Lipinski definition) is 2. The van der Waals surface area contributed by atoms with E-state index in [0.717, 1.165) is 30.7 Å². The number of aliphatic hydroxyl groups excluding tert-OH is 1. The first-order chi connectivity index (χ1) is 8.76. The second-order valence-corrected chi connectivity index (χ2v) is 4.63. The van der Waals surface area contributed by atoms with E-state index in [2.05, 4.69) is 34.6 Å². The summed E-state index contributed by atoms with van der Waals surface area (Å²) >= 11 is 0. The lowest BCUT2D eigenvalue weighted by atomic mass is 10.1. The maximum Gasteiger partial charge on any atom is 0.139 e. The van der Waals surface area contributed by atoms with Gasteiger partial charge in [-0.05, 0) is 31.4 Å².